The quantitative estimate of drug-likeness (QED) is 0.740. The maximum atomic E-state index is 12.4. The van der Waals surface area contributed by atoms with Crippen LogP contribution in [0.25, 0.3) is 0 Å². The van der Waals surface area contributed by atoms with Crippen LogP contribution >= 0.6 is 24.2 Å². The third kappa shape index (κ3) is 5.96. The summed E-state index contributed by atoms with van der Waals surface area (Å²) in [4.78, 5) is 15.2. The largest absolute Gasteiger partial charge is 0.496 e. The van der Waals surface area contributed by atoms with Crippen molar-refractivity contribution in [2.45, 2.75) is 23.9 Å². The second-order valence-corrected chi connectivity index (χ2v) is 6.51. The van der Waals surface area contributed by atoms with Gasteiger partial charge in [0, 0.05) is 31.0 Å². The van der Waals surface area contributed by atoms with Crippen LogP contribution in [0.4, 0.5) is 0 Å². The molecule has 2 aromatic rings. The minimum absolute atomic E-state index is 0. The SMILES string of the molecule is COc1cc(CN(C)C(=O)CC(N)c2ccccc2)ccc1SC.Cl. The monoisotopic (exact) mass is 380 g/mol. The van der Waals surface area contributed by atoms with Gasteiger partial charge in [0.2, 0.25) is 5.91 Å². The van der Waals surface area contributed by atoms with Crippen molar-refractivity contribution in [3.8, 4) is 5.75 Å². The van der Waals surface area contributed by atoms with E-state index in [0.29, 0.717) is 13.0 Å². The molecule has 0 saturated heterocycles. The lowest BCUT2D eigenvalue weighted by atomic mass is 10.0. The van der Waals surface area contributed by atoms with E-state index in [1.54, 1.807) is 30.8 Å². The number of rotatable bonds is 7. The summed E-state index contributed by atoms with van der Waals surface area (Å²) >= 11 is 1.64. The number of nitrogens with zero attached hydrogens (tertiary/aromatic N) is 1. The third-order valence-corrected chi connectivity index (χ3v) is 4.69. The molecule has 0 heterocycles. The van der Waals surface area contributed by atoms with Gasteiger partial charge in [-0.15, -0.1) is 24.2 Å². The van der Waals surface area contributed by atoms with Gasteiger partial charge < -0.3 is 15.4 Å². The van der Waals surface area contributed by atoms with Gasteiger partial charge in [-0.1, -0.05) is 36.4 Å². The van der Waals surface area contributed by atoms with E-state index in [1.807, 2.05) is 54.8 Å². The molecule has 4 nitrogen and oxygen atoms in total. The lowest BCUT2D eigenvalue weighted by Gasteiger charge is -2.20. The van der Waals surface area contributed by atoms with Crippen LogP contribution in [-0.2, 0) is 11.3 Å². The van der Waals surface area contributed by atoms with Crippen LogP contribution in [0.15, 0.2) is 53.4 Å². The Balaban J connectivity index is 0.00000312. The zero-order valence-electron chi connectivity index (χ0n) is 14.8. The van der Waals surface area contributed by atoms with E-state index in [2.05, 4.69) is 0 Å². The fourth-order valence-corrected chi connectivity index (χ4v) is 3.05. The highest BCUT2D eigenvalue weighted by Crippen LogP contribution is 2.28. The molecule has 0 fully saturated rings. The fraction of sp³-hybridized carbons (Fsp3) is 0.316. The molecule has 25 heavy (non-hydrogen) atoms. The van der Waals surface area contributed by atoms with Crippen molar-refractivity contribution in [3.05, 3.63) is 59.7 Å². The summed E-state index contributed by atoms with van der Waals surface area (Å²) in [6.07, 6.45) is 2.30. The van der Waals surface area contributed by atoms with Crippen molar-refractivity contribution >= 4 is 30.1 Å². The highest BCUT2D eigenvalue weighted by molar-refractivity contribution is 7.98. The molecular formula is C19H25ClN2O2S. The second kappa shape index (κ2) is 10.3. The summed E-state index contributed by atoms with van der Waals surface area (Å²) in [5.74, 6) is 0.862. The van der Waals surface area contributed by atoms with Crippen molar-refractivity contribution in [2.75, 3.05) is 20.4 Å². The highest BCUT2D eigenvalue weighted by Gasteiger charge is 2.16. The van der Waals surface area contributed by atoms with Crippen LogP contribution in [0.3, 0.4) is 0 Å². The number of nitrogens with two attached hydrogens (primary N) is 1. The maximum absolute atomic E-state index is 12.4. The van der Waals surface area contributed by atoms with Crippen LogP contribution in [0.2, 0.25) is 0 Å². The molecule has 1 amide bonds. The van der Waals surface area contributed by atoms with Crippen molar-refractivity contribution in [3.63, 3.8) is 0 Å². The fourth-order valence-electron chi connectivity index (χ4n) is 2.50. The molecule has 2 rings (SSSR count). The van der Waals surface area contributed by atoms with Gasteiger partial charge in [0.15, 0.2) is 0 Å². The van der Waals surface area contributed by atoms with E-state index >= 15 is 0 Å². The summed E-state index contributed by atoms with van der Waals surface area (Å²) in [6, 6.07) is 15.4. The molecule has 0 aliphatic heterocycles. The Hall–Kier alpha value is -1.69. The van der Waals surface area contributed by atoms with Gasteiger partial charge in [-0.3, -0.25) is 4.79 Å². The first-order chi connectivity index (χ1) is 11.5. The van der Waals surface area contributed by atoms with Crippen LogP contribution in [0.5, 0.6) is 5.75 Å². The van der Waals surface area contributed by atoms with Crippen LogP contribution < -0.4 is 10.5 Å². The zero-order chi connectivity index (χ0) is 17.5. The molecular weight excluding hydrogens is 356 g/mol. The van der Waals surface area contributed by atoms with Gasteiger partial charge in [0.1, 0.15) is 5.75 Å². The number of benzene rings is 2. The third-order valence-electron chi connectivity index (χ3n) is 3.92. The van der Waals surface area contributed by atoms with E-state index < -0.39 is 0 Å². The number of carbonyl (C=O) groups excluding carboxylic acids is 1. The second-order valence-electron chi connectivity index (χ2n) is 5.66. The van der Waals surface area contributed by atoms with Crippen molar-refractivity contribution < 1.29 is 9.53 Å². The van der Waals surface area contributed by atoms with Gasteiger partial charge in [-0.2, -0.15) is 0 Å². The molecule has 136 valence electrons. The number of methoxy groups -OCH3 is 1. The number of ether oxygens (including phenoxy) is 1. The minimum atomic E-state index is -0.283. The molecule has 0 radical (unpaired) electrons. The topological polar surface area (TPSA) is 55.6 Å². The van der Waals surface area contributed by atoms with E-state index in [-0.39, 0.29) is 24.4 Å². The number of hydrogen-bond acceptors (Lipinski definition) is 4. The molecule has 2 aromatic carbocycles. The Morgan fingerprint density at radius 1 is 1.24 bits per heavy atom. The van der Waals surface area contributed by atoms with Crippen LogP contribution in [0.1, 0.15) is 23.6 Å². The molecule has 0 aromatic heterocycles. The Morgan fingerprint density at radius 3 is 2.52 bits per heavy atom. The first kappa shape index (κ1) is 21.4. The maximum Gasteiger partial charge on any atom is 0.224 e. The van der Waals surface area contributed by atoms with Gasteiger partial charge in [-0.05, 0) is 29.5 Å². The molecule has 0 spiro atoms. The summed E-state index contributed by atoms with van der Waals surface area (Å²) in [7, 11) is 3.46. The predicted molar refractivity (Wildman–Crippen MR) is 106 cm³/mol. The predicted octanol–water partition coefficient (Wildman–Crippen LogP) is 3.89. The van der Waals surface area contributed by atoms with E-state index in [1.165, 1.54) is 0 Å². The Bertz CT molecular complexity index is 682. The first-order valence-electron chi connectivity index (χ1n) is 7.80. The minimum Gasteiger partial charge on any atom is -0.496 e. The Kier molecular flexibility index (Phi) is 8.83. The smallest absolute Gasteiger partial charge is 0.224 e. The highest BCUT2D eigenvalue weighted by atomic mass is 35.5. The molecule has 1 unspecified atom stereocenters. The average molecular weight is 381 g/mol. The lowest BCUT2D eigenvalue weighted by molar-refractivity contribution is -0.130. The van der Waals surface area contributed by atoms with Crippen molar-refractivity contribution in [2.24, 2.45) is 5.73 Å². The number of amides is 1. The van der Waals surface area contributed by atoms with E-state index in [9.17, 15) is 4.79 Å². The van der Waals surface area contributed by atoms with Gasteiger partial charge in [0.05, 0.1) is 7.11 Å². The van der Waals surface area contributed by atoms with Gasteiger partial charge in [0.25, 0.3) is 0 Å². The summed E-state index contributed by atoms with van der Waals surface area (Å²) in [5, 5.41) is 0. The van der Waals surface area contributed by atoms with E-state index in [0.717, 1.165) is 21.8 Å². The molecule has 0 aliphatic rings. The molecule has 6 heteroatoms. The number of thioether (sulfide) groups is 1. The van der Waals surface area contributed by atoms with Gasteiger partial charge >= 0.3 is 0 Å². The normalized spacial score (nSPS) is 11.4. The molecule has 2 N–H and O–H groups in total. The lowest BCUT2D eigenvalue weighted by Crippen LogP contribution is -2.29. The van der Waals surface area contributed by atoms with E-state index in [4.69, 9.17) is 10.5 Å². The van der Waals surface area contributed by atoms with Crippen LogP contribution in [0, 0.1) is 0 Å². The van der Waals surface area contributed by atoms with Gasteiger partial charge in [-0.25, -0.2) is 0 Å². The molecule has 0 saturated carbocycles. The Morgan fingerprint density at radius 2 is 1.92 bits per heavy atom. The average Bonchev–Trinajstić information content (AvgIpc) is 2.62. The number of hydrogen-bond donors (Lipinski definition) is 1. The molecule has 0 aliphatic carbocycles. The number of carbonyl (C=O) groups is 1. The Labute approximate surface area is 160 Å². The van der Waals surface area contributed by atoms with Crippen LogP contribution in [-0.4, -0.2) is 31.2 Å². The molecule has 1 atom stereocenters. The first-order valence-corrected chi connectivity index (χ1v) is 9.03. The standard InChI is InChI=1S/C19H24N2O2S.ClH/c1-21(13-14-9-10-18(24-3)17(11-14)23-2)19(22)12-16(20)15-7-5-4-6-8-15;/h4-11,16H,12-13,20H2,1-3H3;1H. The summed E-state index contributed by atoms with van der Waals surface area (Å²) in [5.41, 5.74) is 8.15. The number of halogens is 1. The van der Waals surface area contributed by atoms with Crippen molar-refractivity contribution in [1.82, 2.24) is 4.90 Å². The summed E-state index contributed by atoms with van der Waals surface area (Å²) < 4.78 is 5.40. The summed E-state index contributed by atoms with van der Waals surface area (Å²) in [6.45, 7) is 0.533. The van der Waals surface area contributed by atoms with Crippen molar-refractivity contribution in [1.29, 1.82) is 0 Å². The molecule has 0 bridgehead atoms. The zero-order valence-corrected chi connectivity index (χ0v) is 16.4.